The fourth-order valence-corrected chi connectivity index (χ4v) is 3.03. The predicted molar refractivity (Wildman–Crippen MR) is 112 cm³/mol. The molecule has 0 heterocycles. The van der Waals surface area contributed by atoms with Crippen molar-refractivity contribution in [3.63, 3.8) is 0 Å². The number of unbranched alkanes of at least 4 members (excludes halogenated alkanes) is 3. The minimum absolute atomic E-state index is 0.206. The molecule has 1 amide bonds. The molecule has 0 aromatic heterocycles. The minimum atomic E-state index is -0.206. The molecular formula is C23H32N2O2. The van der Waals surface area contributed by atoms with E-state index in [1.54, 1.807) is 12.1 Å². The van der Waals surface area contributed by atoms with E-state index in [-0.39, 0.29) is 5.91 Å². The second kappa shape index (κ2) is 10.7. The number of rotatable bonds is 9. The van der Waals surface area contributed by atoms with Crippen molar-refractivity contribution in [3.8, 4) is 5.75 Å². The predicted octanol–water partition coefficient (Wildman–Crippen LogP) is 5.66. The molecular weight excluding hydrogens is 336 g/mol. The highest BCUT2D eigenvalue weighted by Crippen LogP contribution is 2.26. The highest BCUT2D eigenvalue weighted by molar-refractivity contribution is 6.02. The Labute approximate surface area is 163 Å². The molecule has 4 heteroatoms. The summed E-state index contributed by atoms with van der Waals surface area (Å²) in [5.41, 5.74) is 6.46. The van der Waals surface area contributed by atoms with Gasteiger partial charge in [-0.1, -0.05) is 44.4 Å². The van der Waals surface area contributed by atoms with E-state index in [0.29, 0.717) is 18.1 Å². The number of hydrogen-bond acceptors (Lipinski definition) is 3. The van der Waals surface area contributed by atoms with Gasteiger partial charge in [0.25, 0.3) is 5.91 Å². The fourth-order valence-electron chi connectivity index (χ4n) is 3.03. The zero-order chi connectivity index (χ0) is 19.6. The number of carbonyl (C=O) groups excluding carboxylic acids is 1. The summed E-state index contributed by atoms with van der Waals surface area (Å²) in [4.78, 5) is 12.4. The monoisotopic (exact) mass is 368 g/mol. The molecule has 27 heavy (non-hydrogen) atoms. The zero-order valence-electron chi connectivity index (χ0n) is 16.9. The third-order valence-electron chi connectivity index (χ3n) is 4.98. The van der Waals surface area contributed by atoms with Crippen molar-refractivity contribution in [2.75, 3.05) is 6.61 Å². The highest BCUT2D eigenvalue weighted by atomic mass is 16.5. The topological polar surface area (TPSA) is 50.7 Å². The average Bonchev–Trinajstić information content (AvgIpc) is 2.67. The molecule has 0 radical (unpaired) electrons. The van der Waals surface area contributed by atoms with Crippen molar-refractivity contribution in [2.24, 2.45) is 11.0 Å². The largest absolute Gasteiger partial charge is 0.494 e. The number of carbonyl (C=O) groups is 1. The molecule has 0 spiro atoms. The molecule has 0 saturated heterocycles. The number of hydrazone groups is 1. The van der Waals surface area contributed by atoms with Crippen LogP contribution in [0.25, 0.3) is 0 Å². The number of hydrogen-bond donors (Lipinski definition) is 1. The molecule has 0 aliphatic heterocycles. The molecule has 0 fully saturated rings. The zero-order valence-corrected chi connectivity index (χ0v) is 16.9. The molecule has 0 bridgehead atoms. The summed E-state index contributed by atoms with van der Waals surface area (Å²) < 4.78 is 5.72. The summed E-state index contributed by atoms with van der Waals surface area (Å²) in [7, 11) is 0. The molecule has 1 aliphatic carbocycles. The molecule has 0 saturated carbocycles. The molecule has 4 nitrogen and oxygen atoms in total. The quantitative estimate of drug-likeness (QED) is 0.347. The number of amides is 1. The first kappa shape index (κ1) is 20.9. The minimum Gasteiger partial charge on any atom is -0.494 e. The van der Waals surface area contributed by atoms with Gasteiger partial charge in [-0.05, 0) is 68.9 Å². The fraction of sp³-hybridized carbons (Fsp3) is 0.478. The van der Waals surface area contributed by atoms with Gasteiger partial charge in [-0.25, -0.2) is 5.43 Å². The molecule has 146 valence electrons. The van der Waals surface area contributed by atoms with Crippen molar-refractivity contribution in [1.82, 2.24) is 5.43 Å². The first-order chi connectivity index (χ1) is 13.0. The van der Waals surface area contributed by atoms with Crippen molar-refractivity contribution in [2.45, 2.75) is 59.3 Å². The molecule has 1 unspecified atom stereocenters. The van der Waals surface area contributed by atoms with E-state index in [2.05, 4.69) is 30.1 Å². The highest BCUT2D eigenvalue weighted by Gasteiger charge is 2.19. The van der Waals surface area contributed by atoms with Crippen LogP contribution in [0.15, 0.2) is 53.2 Å². The van der Waals surface area contributed by atoms with Crippen LogP contribution in [0.4, 0.5) is 0 Å². The average molecular weight is 369 g/mol. The summed E-state index contributed by atoms with van der Waals surface area (Å²) >= 11 is 0. The van der Waals surface area contributed by atoms with Gasteiger partial charge in [0.15, 0.2) is 0 Å². The van der Waals surface area contributed by atoms with Crippen LogP contribution in [0.1, 0.15) is 69.7 Å². The Morgan fingerprint density at radius 1 is 1.26 bits per heavy atom. The molecule has 2 rings (SSSR count). The third kappa shape index (κ3) is 6.70. The van der Waals surface area contributed by atoms with E-state index >= 15 is 0 Å². The Kier molecular flexibility index (Phi) is 8.31. The maximum Gasteiger partial charge on any atom is 0.271 e. The summed E-state index contributed by atoms with van der Waals surface area (Å²) in [5.74, 6) is 0.991. The summed E-state index contributed by atoms with van der Waals surface area (Å²) in [6.45, 7) is 11.0. The normalized spacial score (nSPS) is 18.1. The Balaban J connectivity index is 1.87. The van der Waals surface area contributed by atoms with Gasteiger partial charge in [-0.3, -0.25) is 4.79 Å². The number of benzene rings is 1. The first-order valence-electron chi connectivity index (χ1n) is 9.93. The second-order valence-corrected chi connectivity index (χ2v) is 7.30. The van der Waals surface area contributed by atoms with E-state index < -0.39 is 0 Å². The maximum atomic E-state index is 12.4. The molecule has 1 aromatic rings. The Bertz CT molecular complexity index is 702. The standard InChI is InChI=1S/C23H32N2O2/c1-5-6-7-8-15-27-21-13-11-19(12-14-21)23(26)25-24-22-16-20(17(2)3)10-9-18(22)4/h9,11-14,20H,2,5-8,10,15-16H2,1,3-4H3,(H,25,26). The van der Waals surface area contributed by atoms with Crippen LogP contribution in [0.5, 0.6) is 5.75 Å². The van der Waals surface area contributed by atoms with Crippen LogP contribution in [-0.2, 0) is 0 Å². The number of nitrogens with one attached hydrogen (secondary N) is 1. The number of nitrogens with zero attached hydrogens (tertiary/aromatic N) is 1. The molecule has 1 aromatic carbocycles. The van der Waals surface area contributed by atoms with E-state index in [1.807, 2.05) is 26.0 Å². The lowest BCUT2D eigenvalue weighted by molar-refractivity contribution is 0.0954. The maximum absolute atomic E-state index is 12.4. The SMILES string of the molecule is C=C(C)C1CC=C(C)C(=NNC(=O)c2ccc(OCCCCCC)cc2)C1. The second-order valence-electron chi connectivity index (χ2n) is 7.30. The van der Waals surface area contributed by atoms with Crippen LogP contribution in [0.3, 0.4) is 0 Å². The van der Waals surface area contributed by atoms with Crippen LogP contribution in [0, 0.1) is 5.92 Å². The van der Waals surface area contributed by atoms with Gasteiger partial charge >= 0.3 is 0 Å². The smallest absolute Gasteiger partial charge is 0.271 e. The van der Waals surface area contributed by atoms with Gasteiger partial charge in [0.2, 0.25) is 0 Å². The van der Waals surface area contributed by atoms with Crippen LogP contribution in [0.2, 0.25) is 0 Å². The molecule has 1 aliphatic rings. The van der Waals surface area contributed by atoms with Crippen molar-refractivity contribution < 1.29 is 9.53 Å². The lowest BCUT2D eigenvalue weighted by Gasteiger charge is -2.22. The summed E-state index contributed by atoms with van der Waals surface area (Å²) in [6.07, 6.45) is 8.70. The third-order valence-corrected chi connectivity index (χ3v) is 4.98. The van der Waals surface area contributed by atoms with Crippen LogP contribution in [-0.4, -0.2) is 18.2 Å². The van der Waals surface area contributed by atoms with Crippen molar-refractivity contribution in [1.29, 1.82) is 0 Å². The Hall–Kier alpha value is -2.36. The van der Waals surface area contributed by atoms with Gasteiger partial charge in [0, 0.05) is 5.56 Å². The number of ether oxygens (including phenoxy) is 1. The van der Waals surface area contributed by atoms with Crippen molar-refractivity contribution in [3.05, 3.63) is 53.6 Å². The lowest BCUT2D eigenvalue weighted by Crippen LogP contribution is -2.23. The van der Waals surface area contributed by atoms with E-state index in [0.717, 1.165) is 41.9 Å². The van der Waals surface area contributed by atoms with Gasteiger partial charge in [-0.15, -0.1) is 0 Å². The first-order valence-corrected chi connectivity index (χ1v) is 9.93. The lowest BCUT2D eigenvalue weighted by atomic mass is 9.85. The Morgan fingerprint density at radius 2 is 2.00 bits per heavy atom. The molecule has 1 N–H and O–H groups in total. The Morgan fingerprint density at radius 3 is 2.67 bits per heavy atom. The van der Waals surface area contributed by atoms with Gasteiger partial charge in [0.1, 0.15) is 5.75 Å². The number of allylic oxidation sites excluding steroid dienone is 3. The van der Waals surface area contributed by atoms with Crippen molar-refractivity contribution >= 4 is 11.6 Å². The van der Waals surface area contributed by atoms with E-state index in [1.165, 1.54) is 19.3 Å². The van der Waals surface area contributed by atoms with Gasteiger partial charge < -0.3 is 4.74 Å². The summed E-state index contributed by atoms with van der Waals surface area (Å²) in [6, 6.07) is 7.23. The van der Waals surface area contributed by atoms with Gasteiger partial charge in [0.05, 0.1) is 12.3 Å². The van der Waals surface area contributed by atoms with E-state index in [4.69, 9.17) is 4.74 Å². The van der Waals surface area contributed by atoms with Crippen LogP contribution < -0.4 is 10.2 Å². The van der Waals surface area contributed by atoms with Gasteiger partial charge in [-0.2, -0.15) is 5.10 Å². The van der Waals surface area contributed by atoms with E-state index in [9.17, 15) is 4.79 Å². The summed E-state index contributed by atoms with van der Waals surface area (Å²) in [5, 5.41) is 4.35. The van der Waals surface area contributed by atoms with Crippen LogP contribution >= 0.6 is 0 Å². The molecule has 1 atom stereocenters.